The quantitative estimate of drug-likeness (QED) is 0.830. The summed E-state index contributed by atoms with van der Waals surface area (Å²) in [4.78, 5) is 0. The van der Waals surface area contributed by atoms with E-state index in [1.165, 1.54) is 0 Å². The Hall–Kier alpha value is -0.770. The Balaban J connectivity index is 2.21. The molecule has 0 aliphatic rings. The van der Waals surface area contributed by atoms with Crippen LogP contribution in [0.15, 0.2) is 22.6 Å². The van der Waals surface area contributed by atoms with Gasteiger partial charge in [-0.05, 0) is 29.3 Å². The summed E-state index contributed by atoms with van der Waals surface area (Å²) in [6, 6.07) is 5.31. The molecule has 78 valence electrons. The molecule has 15 heavy (non-hydrogen) atoms. The van der Waals surface area contributed by atoms with Crippen LogP contribution in [0.4, 0.5) is 0 Å². The maximum absolute atomic E-state index is 5.86. The minimum absolute atomic E-state index is 0.0325. The molecule has 2 aromatic rings. The van der Waals surface area contributed by atoms with E-state index in [1.807, 2.05) is 6.07 Å². The molecule has 0 aliphatic heterocycles. The monoisotopic (exact) mass is 262 g/mol. The Morgan fingerprint density at radius 1 is 1.07 bits per heavy atom. The Kier molecular flexibility index (Phi) is 3.14. The molecule has 0 atom stereocenters. The predicted octanol–water partition coefficient (Wildman–Crippen LogP) is 3.62. The fourth-order valence-corrected chi connectivity index (χ4v) is 1.58. The van der Waals surface area contributed by atoms with Gasteiger partial charge in [0.15, 0.2) is 0 Å². The second-order valence-corrected chi connectivity index (χ2v) is 4.01. The predicted molar refractivity (Wildman–Crippen MR) is 58.6 cm³/mol. The molecule has 2 rings (SSSR count). The van der Waals surface area contributed by atoms with Crippen molar-refractivity contribution in [2.75, 3.05) is 0 Å². The standard InChI is InChI=1S/C9H5Cl3N2O/c10-6-2-1-5(3-7(6)11)4-8-13-14-9(12)15-8/h1-3H,4H2. The average molecular weight is 264 g/mol. The normalized spacial score (nSPS) is 10.6. The van der Waals surface area contributed by atoms with Gasteiger partial charge >= 0.3 is 5.35 Å². The first-order valence-electron chi connectivity index (χ1n) is 4.07. The van der Waals surface area contributed by atoms with Gasteiger partial charge in [-0.25, -0.2) is 0 Å². The lowest BCUT2D eigenvalue weighted by molar-refractivity contribution is 0.507. The van der Waals surface area contributed by atoms with Crippen molar-refractivity contribution in [3.8, 4) is 0 Å². The number of rotatable bonds is 2. The highest BCUT2D eigenvalue weighted by molar-refractivity contribution is 6.42. The van der Waals surface area contributed by atoms with Crippen LogP contribution in [0.1, 0.15) is 11.5 Å². The summed E-state index contributed by atoms with van der Waals surface area (Å²) in [5, 5.41) is 8.33. The van der Waals surface area contributed by atoms with Gasteiger partial charge in [0.05, 0.1) is 16.5 Å². The first-order chi connectivity index (χ1) is 7.15. The molecule has 0 radical (unpaired) electrons. The number of hydrogen-bond acceptors (Lipinski definition) is 3. The molecule has 0 fully saturated rings. The Morgan fingerprint density at radius 2 is 1.87 bits per heavy atom. The molecular formula is C9H5Cl3N2O. The van der Waals surface area contributed by atoms with E-state index >= 15 is 0 Å². The summed E-state index contributed by atoms with van der Waals surface area (Å²) in [6.45, 7) is 0. The van der Waals surface area contributed by atoms with Crippen LogP contribution < -0.4 is 0 Å². The summed E-state index contributed by atoms with van der Waals surface area (Å²) in [7, 11) is 0. The zero-order valence-electron chi connectivity index (χ0n) is 7.38. The van der Waals surface area contributed by atoms with Gasteiger partial charge in [-0.15, -0.1) is 5.10 Å². The lowest BCUT2D eigenvalue weighted by Crippen LogP contribution is -1.88. The molecule has 1 heterocycles. The Labute approximate surface area is 101 Å². The van der Waals surface area contributed by atoms with E-state index in [0.29, 0.717) is 22.4 Å². The van der Waals surface area contributed by atoms with Crippen LogP contribution in [0, 0.1) is 0 Å². The fourth-order valence-electron chi connectivity index (χ4n) is 1.13. The van der Waals surface area contributed by atoms with Gasteiger partial charge in [0, 0.05) is 0 Å². The highest BCUT2D eigenvalue weighted by Gasteiger charge is 2.06. The molecule has 0 amide bonds. The van der Waals surface area contributed by atoms with Gasteiger partial charge in [0.25, 0.3) is 0 Å². The molecule has 0 unspecified atom stereocenters. The zero-order chi connectivity index (χ0) is 10.8. The van der Waals surface area contributed by atoms with E-state index < -0.39 is 0 Å². The molecule has 0 saturated carbocycles. The Bertz CT molecular complexity index is 484. The van der Waals surface area contributed by atoms with Gasteiger partial charge in [-0.3, -0.25) is 0 Å². The zero-order valence-corrected chi connectivity index (χ0v) is 9.64. The van der Waals surface area contributed by atoms with Crippen molar-refractivity contribution >= 4 is 34.8 Å². The topological polar surface area (TPSA) is 38.9 Å². The van der Waals surface area contributed by atoms with Gasteiger partial charge in [-0.2, -0.15) is 0 Å². The van der Waals surface area contributed by atoms with E-state index in [1.54, 1.807) is 12.1 Å². The number of hydrogen-bond donors (Lipinski definition) is 0. The third-order valence-electron chi connectivity index (χ3n) is 1.78. The molecule has 0 bridgehead atoms. The highest BCUT2D eigenvalue weighted by atomic mass is 35.5. The van der Waals surface area contributed by atoms with E-state index in [4.69, 9.17) is 39.2 Å². The van der Waals surface area contributed by atoms with Gasteiger partial charge in [0.2, 0.25) is 5.89 Å². The molecule has 0 spiro atoms. The lowest BCUT2D eigenvalue weighted by Gasteiger charge is -1.99. The maximum Gasteiger partial charge on any atom is 0.312 e. The molecule has 0 aliphatic carbocycles. The maximum atomic E-state index is 5.86. The van der Waals surface area contributed by atoms with Crippen LogP contribution in [0.25, 0.3) is 0 Å². The molecule has 3 nitrogen and oxygen atoms in total. The van der Waals surface area contributed by atoms with Crippen molar-refractivity contribution in [3.05, 3.63) is 45.0 Å². The van der Waals surface area contributed by atoms with Crippen molar-refractivity contribution in [1.29, 1.82) is 0 Å². The van der Waals surface area contributed by atoms with E-state index in [-0.39, 0.29) is 5.35 Å². The Morgan fingerprint density at radius 3 is 2.47 bits per heavy atom. The van der Waals surface area contributed by atoms with Gasteiger partial charge in [0.1, 0.15) is 0 Å². The van der Waals surface area contributed by atoms with Crippen LogP contribution in [0.3, 0.4) is 0 Å². The SMILES string of the molecule is Clc1nnc(Cc2ccc(Cl)c(Cl)c2)o1. The van der Waals surface area contributed by atoms with Crippen molar-refractivity contribution in [2.24, 2.45) is 0 Å². The van der Waals surface area contributed by atoms with E-state index in [0.717, 1.165) is 5.56 Å². The van der Waals surface area contributed by atoms with Crippen molar-refractivity contribution in [2.45, 2.75) is 6.42 Å². The van der Waals surface area contributed by atoms with Crippen molar-refractivity contribution in [1.82, 2.24) is 10.2 Å². The molecule has 0 N–H and O–H groups in total. The molecular weight excluding hydrogens is 258 g/mol. The third kappa shape index (κ3) is 2.62. The highest BCUT2D eigenvalue weighted by Crippen LogP contribution is 2.23. The summed E-state index contributed by atoms with van der Waals surface area (Å²) in [5.41, 5.74) is 0.935. The number of nitrogens with zero attached hydrogens (tertiary/aromatic N) is 2. The van der Waals surface area contributed by atoms with E-state index in [2.05, 4.69) is 10.2 Å². The summed E-state index contributed by atoms with van der Waals surface area (Å²) in [5.74, 6) is 0.443. The van der Waals surface area contributed by atoms with Crippen LogP contribution in [-0.4, -0.2) is 10.2 Å². The molecule has 1 aromatic carbocycles. The average Bonchev–Trinajstić information content (AvgIpc) is 2.58. The van der Waals surface area contributed by atoms with Crippen LogP contribution >= 0.6 is 34.8 Å². The van der Waals surface area contributed by atoms with Crippen LogP contribution in [0.2, 0.25) is 15.4 Å². The van der Waals surface area contributed by atoms with E-state index in [9.17, 15) is 0 Å². The number of halogens is 3. The van der Waals surface area contributed by atoms with Crippen LogP contribution in [0.5, 0.6) is 0 Å². The largest absolute Gasteiger partial charge is 0.412 e. The minimum Gasteiger partial charge on any atom is -0.412 e. The fraction of sp³-hybridized carbons (Fsp3) is 0.111. The van der Waals surface area contributed by atoms with Crippen molar-refractivity contribution in [3.63, 3.8) is 0 Å². The first kappa shape index (κ1) is 10.7. The smallest absolute Gasteiger partial charge is 0.312 e. The molecule has 1 aromatic heterocycles. The summed E-state index contributed by atoms with van der Waals surface area (Å²) >= 11 is 17.1. The summed E-state index contributed by atoms with van der Waals surface area (Å²) < 4.78 is 5.02. The minimum atomic E-state index is 0.0325. The number of aromatic nitrogens is 2. The first-order valence-corrected chi connectivity index (χ1v) is 5.20. The van der Waals surface area contributed by atoms with Crippen LogP contribution in [-0.2, 0) is 6.42 Å². The second-order valence-electron chi connectivity index (χ2n) is 2.87. The van der Waals surface area contributed by atoms with Gasteiger partial charge < -0.3 is 4.42 Å². The van der Waals surface area contributed by atoms with Crippen molar-refractivity contribution < 1.29 is 4.42 Å². The second kappa shape index (κ2) is 4.39. The summed E-state index contributed by atoms with van der Waals surface area (Å²) in [6.07, 6.45) is 0.483. The molecule has 0 saturated heterocycles. The molecule has 6 heteroatoms. The number of benzene rings is 1. The van der Waals surface area contributed by atoms with Gasteiger partial charge in [-0.1, -0.05) is 34.4 Å². The third-order valence-corrected chi connectivity index (χ3v) is 2.67. The lowest BCUT2D eigenvalue weighted by atomic mass is 10.1.